The Morgan fingerprint density at radius 1 is 1.35 bits per heavy atom. The summed E-state index contributed by atoms with van der Waals surface area (Å²) >= 11 is 0. The van der Waals surface area contributed by atoms with Gasteiger partial charge < -0.3 is 4.43 Å². The molecule has 0 heterocycles. The lowest BCUT2D eigenvalue weighted by molar-refractivity contribution is -0.128. The molecule has 0 aromatic rings. The van der Waals surface area contributed by atoms with E-state index in [0.717, 1.165) is 0 Å². The Bertz CT molecular complexity index is 285. The van der Waals surface area contributed by atoms with Crippen molar-refractivity contribution in [3.63, 3.8) is 0 Å². The van der Waals surface area contributed by atoms with Gasteiger partial charge in [0, 0.05) is 14.0 Å². The van der Waals surface area contributed by atoms with Crippen molar-refractivity contribution in [2.45, 2.75) is 45.8 Å². The predicted molar refractivity (Wildman–Crippen MR) is 71.3 cm³/mol. The largest absolute Gasteiger partial charge is 0.415 e. The Morgan fingerprint density at radius 3 is 2.29 bits per heavy atom. The predicted octanol–water partition coefficient (Wildman–Crippen LogP) is 2.85. The van der Waals surface area contributed by atoms with Crippen LogP contribution in [-0.4, -0.2) is 39.4 Å². The second-order valence-electron chi connectivity index (χ2n) is 5.61. The molecule has 0 atom stereocenters. The summed E-state index contributed by atoms with van der Waals surface area (Å²) in [6.07, 6.45) is 0. The second kappa shape index (κ2) is 6.25. The van der Waals surface area contributed by atoms with Gasteiger partial charge in [0.2, 0.25) is 5.91 Å². The van der Waals surface area contributed by atoms with Crippen LogP contribution >= 0.6 is 0 Å². The summed E-state index contributed by atoms with van der Waals surface area (Å²) in [6, 6.07) is 0. The molecule has 100 valence electrons. The van der Waals surface area contributed by atoms with E-state index in [4.69, 9.17) is 4.43 Å². The highest BCUT2D eigenvalue weighted by Gasteiger charge is 2.36. The van der Waals surface area contributed by atoms with E-state index in [1.165, 1.54) is 11.9 Å². The quantitative estimate of drug-likeness (QED) is 0.330. The Labute approximate surface area is 105 Å². The molecule has 0 rings (SSSR count). The van der Waals surface area contributed by atoms with Crippen molar-refractivity contribution in [2.24, 2.45) is 10.3 Å². The van der Waals surface area contributed by atoms with E-state index in [1.54, 1.807) is 7.05 Å². The van der Waals surface area contributed by atoms with Gasteiger partial charge in [0.1, 0.15) is 0 Å². The molecule has 1 amide bonds. The maximum Gasteiger partial charge on any atom is 0.240 e. The summed E-state index contributed by atoms with van der Waals surface area (Å²) in [4.78, 5) is 10.8. The molecule has 0 radical (unpaired) electrons. The van der Waals surface area contributed by atoms with Gasteiger partial charge in [-0.3, -0.25) is 4.79 Å². The maximum atomic E-state index is 10.8. The van der Waals surface area contributed by atoms with Gasteiger partial charge in [-0.15, -0.1) is 0 Å². The Morgan fingerprint density at radius 2 is 1.88 bits per heavy atom. The number of carbonyl (C=O) groups is 1. The highest BCUT2D eigenvalue weighted by molar-refractivity contribution is 6.74. The summed E-state index contributed by atoms with van der Waals surface area (Å²) in [5.41, 5.74) is 0. The third-order valence-corrected chi connectivity index (χ3v) is 7.65. The van der Waals surface area contributed by atoms with Gasteiger partial charge in [-0.1, -0.05) is 26.0 Å². The van der Waals surface area contributed by atoms with E-state index >= 15 is 0 Å². The first kappa shape index (κ1) is 16.2. The van der Waals surface area contributed by atoms with Gasteiger partial charge >= 0.3 is 0 Å². The number of hydrogen-bond acceptors (Lipinski definition) is 4. The van der Waals surface area contributed by atoms with Crippen molar-refractivity contribution in [1.82, 2.24) is 5.01 Å². The number of amides is 1. The van der Waals surface area contributed by atoms with E-state index in [-0.39, 0.29) is 10.9 Å². The number of rotatable bonds is 5. The molecule has 0 saturated carbocycles. The third kappa shape index (κ3) is 5.93. The van der Waals surface area contributed by atoms with Gasteiger partial charge in [0.25, 0.3) is 0 Å². The molecule has 0 aromatic heterocycles. The van der Waals surface area contributed by atoms with Gasteiger partial charge in [-0.2, -0.15) is 5.11 Å². The van der Waals surface area contributed by atoms with E-state index in [0.29, 0.717) is 13.2 Å². The smallest absolute Gasteiger partial charge is 0.240 e. The maximum absolute atomic E-state index is 10.8. The lowest BCUT2D eigenvalue weighted by Gasteiger charge is -2.35. The first-order valence-corrected chi connectivity index (χ1v) is 8.74. The molecule has 0 unspecified atom stereocenters. The highest BCUT2D eigenvalue weighted by Crippen LogP contribution is 2.36. The molecular formula is C11H25N3O2Si. The fourth-order valence-corrected chi connectivity index (χ4v) is 1.80. The zero-order chi connectivity index (χ0) is 13.7. The zero-order valence-corrected chi connectivity index (χ0v) is 13.1. The first-order valence-electron chi connectivity index (χ1n) is 5.83. The monoisotopic (exact) mass is 259 g/mol. The van der Waals surface area contributed by atoms with Crippen LogP contribution in [0.15, 0.2) is 10.3 Å². The van der Waals surface area contributed by atoms with Crippen molar-refractivity contribution in [3.8, 4) is 0 Å². The Kier molecular flexibility index (Phi) is 5.98. The van der Waals surface area contributed by atoms with Crippen LogP contribution in [0.4, 0.5) is 0 Å². The molecule has 0 aromatic carbocycles. The molecule has 0 aliphatic heterocycles. The standard InChI is InChI=1S/C11H25N3O2Si/c1-10(15)14(5)13-12-8-9-16-17(6,7)11(2,3)4/h8-9H2,1-7H3/b13-12+. The van der Waals surface area contributed by atoms with Crippen molar-refractivity contribution in [2.75, 3.05) is 20.2 Å². The van der Waals surface area contributed by atoms with E-state index in [9.17, 15) is 4.79 Å². The molecule has 0 saturated heterocycles. The van der Waals surface area contributed by atoms with Crippen LogP contribution < -0.4 is 0 Å². The van der Waals surface area contributed by atoms with Gasteiger partial charge in [0.15, 0.2) is 8.32 Å². The Hall–Kier alpha value is -0.753. The first-order chi connectivity index (χ1) is 7.58. The average Bonchev–Trinajstić information content (AvgIpc) is 2.14. The summed E-state index contributed by atoms with van der Waals surface area (Å²) < 4.78 is 5.92. The van der Waals surface area contributed by atoms with Crippen LogP contribution in [0.2, 0.25) is 18.1 Å². The average molecular weight is 259 g/mol. The molecule has 5 nitrogen and oxygen atoms in total. The lowest BCUT2D eigenvalue weighted by atomic mass is 10.2. The molecule has 0 N–H and O–H groups in total. The van der Waals surface area contributed by atoms with E-state index in [1.807, 2.05) is 0 Å². The molecule has 0 spiro atoms. The zero-order valence-electron chi connectivity index (χ0n) is 12.1. The molecule has 0 aliphatic rings. The fraction of sp³-hybridized carbons (Fsp3) is 0.909. The molecule has 17 heavy (non-hydrogen) atoms. The molecular weight excluding hydrogens is 234 g/mol. The molecule has 0 fully saturated rings. The third-order valence-electron chi connectivity index (χ3n) is 3.11. The van der Waals surface area contributed by atoms with Crippen LogP contribution in [0, 0.1) is 0 Å². The van der Waals surface area contributed by atoms with Crippen LogP contribution in [0.25, 0.3) is 0 Å². The van der Waals surface area contributed by atoms with E-state index < -0.39 is 8.32 Å². The summed E-state index contributed by atoms with van der Waals surface area (Å²) in [5.74, 6) is -0.126. The Balaban J connectivity index is 3.98. The van der Waals surface area contributed by atoms with Crippen molar-refractivity contribution in [1.29, 1.82) is 0 Å². The minimum Gasteiger partial charge on any atom is -0.415 e. The van der Waals surface area contributed by atoms with Crippen molar-refractivity contribution >= 4 is 14.2 Å². The molecule has 0 aliphatic carbocycles. The summed E-state index contributed by atoms with van der Waals surface area (Å²) in [7, 11) is -0.102. The van der Waals surface area contributed by atoms with Crippen molar-refractivity contribution < 1.29 is 9.22 Å². The van der Waals surface area contributed by atoms with Gasteiger partial charge in [-0.05, 0) is 18.1 Å². The van der Waals surface area contributed by atoms with Gasteiger partial charge in [-0.25, -0.2) is 5.01 Å². The topological polar surface area (TPSA) is 54.3 Å². The van der Waals surface area contributed by atoms with Crippen LogP contribution in [0.3, 0.4) is 0 Å². The summed E-state index contributed by atoms with van der Waals surface area (Å²) in [6.45, 7) is 13.5. The molecule has 0 bridgehead atoms. The van der Waals surface area contributed by atoms with E-state index in [2.05, 4.69) is 44.2 Å². The second-order valence-corrected chi connectivity index (χ2v) is 10.4. The van der Waals surface area contributed by atoms with Crippen LogP contribution in [0.1, 0.15) is 27.7 Å². The number of hydrogen-bond donors (Lipinski definition) is 0. The normalized spacial score (nSPS) is 13.1. The van der Waals surface area contributed by atoms with Gasteiger partial charge in [0.05, 0.1) is 13.2 Å². The fourth-order valence-electron chi connectivity index (χ4n) is 0.761. The minimum atomic E-state index is -1.69. The van der Waals surface area contributed by atoms with Crippen molar-refractivity contribution in [3.05, 3.63) is 0 Å². The van der Waals surface area contributed by atoms with Crippen LogP contribution in [-0.2, 0) is 9.22 Å². The molecule has 6 heteroatoms. The van der Waals surface area contributed by atoms with Crippen LogP contribution in [0.5, 0.6) is 0 Å². The lowest BCUT2D eigenvalue weighted by Crippen LogP contribution is -2.41. The minimum absolute atomic E-state index is 0.126. The summed E-state index contributed by atoms with van der Waals surface area (Å²) in [5, 5.41) is 9.08. The number of nitrogens with zero attached hydrogens (tertiary/aromatic N) is 3. The highest BCUT2D eigenvalue weighted by atomic mass is 28.4. The number of carbonyl (C=O) groups excluding carboxylic acids is 1. The SMILES string of the molecule is CC(=O)N(C)/N=N/CCO[Si](C)(C)C(C)(C)C.